The molecule has 39 heavy (non-hydrogen) atoms. The summed E-state index contributed by atoms with van der Waals surface area (Å²) in [4.78, 5) is 38.2. The number of alkyl carbamates (subject to hydrolysis) is 1. The lowest BCUT2D eigenvalue weighted by atomic mass is 10.0. The number of carbonyl (C=O) groups is 3. The molecule has 10 nitrogen and oxygen atoms in total. The standard InChI is InChI=1S/C27H32ClN3O7S/c1-16(2)23(25(33)30-19-8-6-17-10-13-39(35,36)22(17)15-19)31-24(32)20-14-18(28)7-9-21(20)37-12-11-29-26(34)38-27(3,4)5/h6-10,13-16,23H,11-12H2,1-5H3,(H,29,34)(H,30,33)(H,31,32)/t23-/m0/s1. The van der Waals surface area contributed by atoms with Crippen molar-refractivity contribution < 1.29 is 32.3 Å². The Labute approximate surface area is 233 Å². The van der Waals surface area contributed by atoms with E-state index in [1.807, 2.05) is 0 Å². The Morgan fingerprint density at radius 3 is 2.44 bits per heavy atom. The predicted molar refractivity (Wildman–Crippen MR) is 149 cm³/mol. The van der Waals surface area contributed by atoms with Gasteiger partial charge in [0.05, 0.1) is 17.0 Å². The summed E-state index contributed by atoms with van der Waals surface area (Å²) >= 11 is 6.12. The molecule has 3 rings (SSSR count). The number of ether oxygens (including phenoxy) is 2. The second-order valence-electron chi connectivity index (χ2n) is 10.2. The molecule has 0 aliphatic carbocycles. The lowest BCUT2D eigenvalue weighted by Crippen LogP contribution is -2.47. The fourth-order valence-corrected chi connectivity index (χ4v) is 5.04. The molecule has 1 heterocycles. The summed E-state index contributed by atoms with van der Waals surface area (Å²) in [7, 11) is -3.55. The maximum absolute atomic E-state index is 13.2. The number of benzene rings is 2. The van der Waals surface area contributed by atoms with Gasteiger partial charge in [0, 0.05) is 16.1 Å². The molecule has 0 radical (unpaired) electrons. The Hall–Kier alpha value is -3.57. The maximum Gasteiger partial charge on any atom is 0.407 e. The summed E-state index contributed by atoms with van der Waals surface area (Å²) in [6.45, 7) is 8.95. The summed E-state index contributed by atoms with van der Waals surface area (Å²) in [5.41, 5.74) is 0.292. The first-order valence-corrected chi connectivity index (χ1v) is 14.2. The average molecular weight is 578 g/mol. The lowest BCUT2D eigenvalue weighted by molar-refractivity contribution is -0.118. The van der Waals surface area contributed by atoms with Gasteiger partial charge in [-0.25, -0.2) is 13.2 Å². The number of fused-ring (bicyclic) bond motifs is 1. The van der Waals surface area contributed by atoms with Crippen LogP contribution in [0.3, 0.4) is 0 Å². The minimum absolute atomic E-state index is 0.0470. The number of hydrogen-bond donors (Lipinski definition) is 3. The summed E-state index contributed by atoms with van der Waals surface area (Å²) in [5.74, 6) is -1.22. The molecule has 1 aliphatic heterocycles. The zero-order valence-corrected chi connectivity index (χ0v) is 23.9. The minimum Gasteiger partial charge on any atom is -0.491 e. The number of hydrogen-bond acceptors (Lipinski definition) is 7. The van der Waals surface area contributed by atoms with Gasteiger partial charge in [-0.05, 0) is 68.7 Å². The number of rotatable bonds is 9. The number of sulfone groups is 1. The molecule has 12 heteroatoms. The van der Waals surface area contributed by atoms with Crippen molar-refractivity contribution in [2.75, 3.05) is 18.5 Å². The highest BCUT2D eigenvalue weighted by Crippen LogP contribution is 2.29. The molecule has 0 bridgehead atoms. The number of carbonyl (C=O) groups excluding carboxylic acids is 3. The Kier molecular flexibility index (Phi) is 9.29. The van der Waals surface area contributed by atoms with E-state index in [0.29, 0.717) is 5.56 Å². The van der Waals surface area contributed by atoms with Crippen LogP contribution in [0.25, 0.3) is 6.08 Å². The number of amides is 3. The van der Waals surface area contributed by atoms with Crippen LogP contribution in [0.2, 0.25) is 5.02 Å². The number of anilines is 1. The van der Waals surface area contributed by atoms with Crippen LogP contribution in [-0.4, -0.2) is 51.1 Å². The van der Waals surface area contributed by atoms with Crippen molar-refractivity contribution in [3.8, 4) is 5.75 Å². The molecular weight excluding hydrogens is 546 g/mol. The summed E-state index contributed by atoms with van der Waals surface area (Å²) in [6.07, 6.45) is 0.897. The highest BCUT2D eigenvalue weighted by atomic mass is 35.5. The summed E-state index contributed by atoms with van der Waals surface area (Å²) in [5, 5.41) is 9.37. The van der Waals surface area contributed by atoms with Crippen LogP contribution in [0.5, 0.6) is 5.75 Å². The molecule has 0 aromatic heterocycles. The Morgan fingerprint density at radius 2 is 1.77 bits per heavy atom. The van der Waals surface area contributed by atoms with Gasteiger partial charge in [-0.2, -0.15) is 0 Å². The molecule has 210 valence electrons. The summed E-state index contributed by atoms with van der Waals surface area (Å²) < 4.78 is 35.2. The van der Waals surface area contributed by atoms with Crippen LogP contribution in [0.4, 0.5) is 10.5 Å². The normalized spacial score (nSPS) is 14.3. The molecule has 0 fully saturated rings. The molecule has 1 aliphatic rings. The topological polar surface area (TPSA) is 140 Å². The SMILES string of the molecule is CC(C)[C@H](NC(=O)c1cc(Cl)ccc1OCCNC(=O)OC(C)(C)C)C(=O)Nc1ccc2c(c1)S(=O)(=O)C=C2. The highest BCUT2D eigenvalue weighted by Gasteiger charge is 2.27. The smallest absolute Gasteiger partial charge is 0.407 e. The van der Waals surface area contributed by atoms with Gasteiger partial charge in [-0.1, -0.05) is 31.5 Å². The molecule has 0 saturated carbocycles. The number of nitrogens with one attached hydrogen (secondary N) is 3. The largest absolute Gasteiger partial charge is 0.491 e. The zero-order valence-electron chi connectivity index (χ0n) is 22.3. The van der Waals surface area contributed by atoms with Crippen LogP contribution in [0, 0.1) is 5.92 Å². The molecule has 2 aromatic rings. The van der Waals surface area contributed by atoms with Gasteiger partial charge in [0.25, 0.3) is 5.91 Å². The van der Waals surface area contributed by atoms with E-state index in [0.717, 1.165) is 5.41 Å². The van der Waals surface area contributed by atoms with Gasteiger partial charge in [-0.3, -0.25) is 9.59 Å². The lowest BCUT2D eigenvalue weighted by Gasteiger charge is -2.23. The van der Waals surface area contributed by atoms with E-state index in [2.05, 4.69) is 16.0 Å². The first kappa shape index (κ1) is 30.0. The third kappa shape index (κ3) is 8.21. The summed E-state index contributed by atoms with van der Waals surface area (Å²) in [6, 6.07) is 8.11. The van der Waals surface area contributed by atoms with E-state index in [4.69, 9.17) is 21.1 Å². The van der Waals surface area contributed by atoms with E-state index in [1.54, 1.807) is 52.8 Å². The van der Waals surface area contributed by atoms with E-state index >= 15 is 0 Å². The first-order valence-electron chi connectivity index (χ1n) is 12.2. The van der Waals surface area contributed by atoms with Crippen LogP contribution < -0.4 is 20.7 Å². The van der Waals surface area contributed by atoms with Crippen molar-refractivity contribution in [3.63, 3.8) is 0 Å². The third-order valence-electron chi connectivity index (χ3n) is 5.46. The fraction of sp³-hybridized carbons (Fsp3) is 0.370. The van der Waals surface area contributed by atoms with Gasteiger partial charge in [-0.15, -0.1) is 0 Å². The van der Waals surface area contributed by atoms with Crippen molar-refractivity contribution in [2.24, 2.45) is 5.92 Å². The fourth-order valence-electron chi connectivity index (χ4n) is 3.64. The van der Waals surface area contributed by atoms with E-state index in [9.17, 15) is 22.8 Å². The molecule has 0 unspecified atom stereocenters. The second kappa shape index (κ2) is 12.1. The third-order valence-corrected chi connectivity index (χ3v) is 7.16. The molecule has 3 amide bonds. The van der Waals surface area contributed by atoms with Crippen molar-refractivity contribution >= 4 is 51.1 Å². The monoisotopic (exact) mass is 577 g/mol. The molecular formula is C27H32ClN3O7S. The van der Waals surface area contributed by atoms with Gasteiger partial charge in [0.15, 0.2) is 0 Å². The molecule has 3 N–H and O–H groups in total. The first-order chi connectivity index (χ1) is 18.2. The second-order valence-corrected chi connectivity index (χ2v) is 12.4. The van der Waals surface area contributed by atoms with Crippen LogP contribution >= 0.6 is 11.6 Å². The van der Waals surface area contributed by atoms with Crippen molar-refractivity contribution in [3.05, 3.63) is 58.0 Å². The Balaban J connectivity index is 1.67. The van der Waals surface area contributed by atoms with Crippen molar-refractivity contribution in [1.29, 1.82) is 0 Å². The van der Waals surface area contributed by atoms with E-state index in [1.165, 1.54) is 24.3 Å². The average Bonchev–Trinajstić information content (AvgIpc) is 3.13. The number of halogens is 1. The van der Waals surface area contributed by atoms with Gasteiger partial charge >= 0.3 is 6.09 Å². The predicted octanol–water partition coefficient (Wildman–Crippen LogP) is 4.39. The molecule has 0 saturated heterocycles. The van der Waals surface area contributed by atoms with Gasteiger partial charge in [0.2, 0.25) is 15.7 Å². The van der Waals surface area contributed by atoms with Crippen molar-refractivity contribution in [1.82, 2.24) is 10.6 Å². The van der Waals surface area contributed by atoms with Crippen molar-refractivity contribution in [2.45, 2.75) is 51.2 Å². The van der Waals surface area contributed by atoms with Crippen LogP contribution in [-0.2, 0) is 19.4 Å². The molecule has 1 atom stereocenters. The van der Waals surface area contributed by atoms with Gasteiger partial charge in [0.1, 0.15) is 24.0 Å². The van der Waals surface area contributed by atoms with Gasteiger partial charge < -0.3 is 25.4 Å². The van der Waals surface area contributed by atoms with E-state index < -0.39 is 39.4 Å². The minimum atomic E-state index is -3.55. The maximum atomic E-state index is 13.2. The Morgan fingerprint density at radius 1 is 1.05 bits per heavy atom. The molecule has 2 aromatic carbocycles. The quantitative estimate of drug-likeness (QED) is 0.375. The van der Waals surface area contributed by atoms with Crippen LogP contribution in [0.1, 0.15) is 50.5 Å². The highest BCUT2D eigenvalue weighted by molar-refractivity contribution is 7.94. The Bertz CT molecular complexity index is 1400. The zero-order chi connectivity index (χ0) is 29.0. The van der Waals surface area contributed by atoms with Crippen LogP contribution in [0.15, 0.2) is 46.7 Å². The molecule has 0 spiro atoms. The van der Waals surface area contributed by atoms with E-state index in [-0.39, 0.29) is 46.0 Å².